The van der Waals surface area contributed by atoms with Gasteiger partial charge in [0, 0.05) is 46.6 Å². The Morgan fingerprint density at radius 2 is 1.81 bits per heavy atom. The number of halogens is 3. The first kappa shape index (κ1) is 38.4. The van der Waals surface area contributed by atoms with Gasteiger partial charge in [-0.05, 0) is 68.1 Å². The Kier molecular flexibility index (Phi) is 8.93. The lowest BCUT2D eigenvalue weighted by molar-refractivity contribution is -0.189. The van der Waals surface area contributed by atoms with Gasteiger partial charge in [-0.3, -0.25) is 15.1 Å². The normalized spacial score (nSPS) is 28.4. The lowest BCUT2D eigenvalue weighted by Crippen LogP contribution is -2.69. The van der Waals surface area contributed by atoms with Crippen LogP contribution in [-0.4, -0.2) is 103 Å². The van der Waals surface area contributed by atoms with Crippen LogP contribution in [0.1, 0.15) is 61.8 Å². The lowest BCUT2D eigenvalue weighted by Gasteiger charge is -2.62. The molecule has 1 unspecified atom stereocenters. The van der Waals surface area contributed by atoms with E-state index in [4.69, 9.17) is 28.4 Å². The molecule has 7 aliphatic rings. The molecule has 18 heteroatoms. The number of methoxy groups -OCH3 is 2. The monoisotopic (exact) mass is 824 g/mol. The van der Waals surface area contributed by atoms with Crippen LogP contribution in [0.25, 0.3) is 0 Å². The van der Waals surface area contributed by atoms with Gasteiger partial charge in [-0.25, -0.2) is 9.59 Å². The number of carbonyl (C=O) groups is 2. The van der Waals surface area contributed by atoms with Crippen LogP contribution in [0, 0.1) is 25.2 Å². The average molecular weight is 825 g/mol. The maximum absolute atomic E-state index is 14.7. The number of hydrogen-bond donors (Lipinski definition) is 3. The topological polar surface area (TPSA) is 172 Å². The highest BCUT2D eigenvalue weighted by molar-refractivity contribution is 7.99. The molecule has 3 aromatic carbocycles. The van der Waals surface area contributed by atoms with Gasteiger partial charge in [-0.15, -0.1) is 11.8 Å². The number of aromatic hydroxyl groups is 2. The number of nitriles is 1. The number of likely N-dealkylation sites (N-methyl/N-ethyl adjacent to an activating group) is 1. The lowest BCUT2D eigenvalue weighted by atomic mass is 9.71. The minimum Gasteiger partial charge on any atom is -0.504 e. The molecule has 4 bridgehead atoms. The molecule has 2 fully saturated rings. The molecule has 0 amide bonds. The van der Waals surface area contributed by atoms with E-state index in [0.29, 0.717) is 41.6 Å². The van der Waals surface area contributed by atoms with Crippen molar-refractivity contribution < 1.29 is 61.4 Å². The second-order valence-electron chi connectivity index (χ2n) is 15.4. The molecule has 3 N–H and O–H groups in total. The van der Waals surface area contributed by atoms with E-state index in [2.05, 4.69) is 11.4 Å². The molecule has 306 valence electrons. The summed E-state index contributed by atoms with van der Waals surface area (Å²) in [7, 11) is 4.68. The Labute approximate surface area is 334 Å². The van der Waals surface area contributed by atoms with Crippen LogP contribution in [0.5, 0.6) is 40.2 Å². The number of benzene rings is 3. The second kappa shape index (κ2) is 13.5. The SMILES string of the molecule is COc1cc2c(cc1O)CCN[C@]21CS[C@@H]2c3c(OC(=O)C(F)(F)F)c(C)c4c(c3[C@@H](COC1=O)N1C2[C@@H]2c3c(cc(C)c(OC)c3O)C[C@H]([C@@H]1C#N)N2C)OCO4. The summed E-state index contributed by atoms with van der Waals surface area (Å²) in [6.45, 7) is 2.91. The molecule has 0 aliphatic carbocycles. The van der Waals surface area contributed by atoms with Crippen LogP contribution in [-0.2, 0) is 32.7 Å². The van der Waals surface area contributed by atoms with Gasteiger partial charge in [0.2, 0.25) is 6.79 Å². The minimum absolute atomic E-state index is 0.0663. The fourth-order valence-corrected chi connectivity index (χ4v) is 11.9. The highest BCUT2D eigenvalue weighted by atomic mass is 32.2. The number of esters is 2. The standard InChI is InChI=1S/C40H39F3N4O10S/c1-16-8-19-9-21-22(12-44)47-23-13-54-37(50)39(20-11-25(52-4)24(48)10-18(20)6-7-45-39)14-58-36(30(47)29(46(21)3)26(19)31(49)32(16)53-5)28-27(23)35-34(55-15-56-35)17(2)33(28)57-38(51)40(41,42)43/h8,10-11,21-23,29-30,36,45,48-49H,6-7,9,13-15H2,1-5H3/t21-,22+,23-,29+,30?,36-,39-/m1/s1. The second-order valence-corrected chi connectivity index (χ2v) is 16.5. The Balaban J connectivity index is 1.34. The van der Waals surface area contributed by atoms with E-state index < -0.39 is 65.7 Å². The summed E-state index contributed by atoms with van der Waals surface area (Å²) in [5.41, 5.74) is 2.14. The predicted molar refractivity (Wildman–Crippen MR) is 198 cm³/mol. The highest BCUT2D eigenvalue weighted by Crippen LogP contribution is 2.64. The number of hydrogen-bond acceptors (Lipinski definition) is 15. The van der Waals surface area contributed by atoms with Crippen molar-refractivity contribution in [2.24, 2.45) is 0 Å². The Bertz CT molecular complexity index is 2340. The maximum Gasteiger partial charge on any atom is 0.491 e. The first-order valence-electron chi connectivity index (χ1n) is 18.6. The van der Waals surface area contributed by atoms with Crippen molar-refractivity contribution in [1.82, 2.24) is 15.1 Å². The highest BCUT2D eigenvalue weighted by Gasteiger charge is 2.62. The fraction of sp³-hybridized carbons (Fsp3) is 0.475. The molecule has 7 aliphatic heterocycles. The quantitative estimate of drug-likeness (QED) is 0.248. The molecule has 0 saturated carbocycles. The minimum atomic E-state index is -5.36. The number of thioether (sulfide) groups is 1. The summed E-state index contributed by atoms with van der Waals surface area (Å²) in [5.74, 6) is -3.17. The first-order chi connectivity index (χ1) is 27.7. The van der Waals surface area contributed by atoms with E-state index in [1.54, 1.807) is 12.1 Å². The van der Waals surface area contributed by atoms with Gasteiger partial charge in [0.15, 0.2) is 40.0 Å². The van der Waals surface area contributed by atoms with Gasteiger partial charge in [-0.2, -0.15) is 18.4 Å². The number of aryl methyl sites for hydroxylation is 1. The third-order valence-corrected chi connectivity index (χ3v) is 14.1. The zero-order valence-corrected chi connectivity index (χ0v) is 32.8. The molecule has 7 heterocycles. The Morgan fingerprint density at radius 3 is 2.52 bits per heavy atom. The number of rotatable bonds is 3. The van der Waals surface area contributed by atoms with Crippen LogP contribution in [0.15, 0.2) is 18.2 Å². The third-order valence-electron chi connectivity index (χ3n) is 12.6. The zero-order valence-electron chi connectivity index (χ0n) is 32.0. The zero-order chi connectivity index (χ0) is 41.2. The number of phenols is 2. The summed E-state index contributed by atoms with van der Waals surface area (Å²) < 4.78 is 77.0. The molecular weight excluding hydrogens is 786 g/mol. The van der Waals surface area contributed by atoms with E-state index in [-0.39, 0.29) is 69.5 Å². The largest absolute Gasteiger partial charge is 0.504 e. The number of fused-ring (bicyclic) bond motifs is 9. The number of alkyl halides is 3. The van der Waals surface area contributed by atoms with Crippen molar-refractivity contribution in [2.75, 3.05) is 47.0 Å². The van der Waals surface area contributed by atoms with Gasteiger partial charge < -0.3 is 38.6 Å². The van der Waals surface area contributed by atoms with Gasteiger partial charge in [-0.1, -0.05) is 6.07 Å². The molecule has 0 aromatic heterocycles. The molecule has 0 radical (unpaired) electrons. The molecule has 2 saturated heterocycles. The third kappa shape index (κ3) is 5.28. The first-order valence-corrected chi connectivity index (χ1v) is 19.7. The maximum atomic E-state index is 14.7. The average Bonchev–Trinajstić information content (AvgIpc) is 3.68. The van der Waals surface area contributed by atoms with Gasteiger partial charge >= 0.3 is 18.1 Å². The smallest absolute Gasteiger partial charge is 0.491 e. The van der Waals surface area contributed by atoms with E-state index in [1.807, 2.05) is 29.8 Å². The molecule has 1 spiro atoms. The van der Waals surface area contributed by atoms with E-state index in [1.165, 1.54) is 32.9 Å². The van der Waals surface area contributed by atoms with Crippen molar-refractivity contribution in [2.45, 2.75) is 73.9 Å². The van der Waals surface area contributed by atoms with Gasteiger partial charge in [0.05, 0.1) is 37.6 Å². The van der Waals surface area contributed by atoms with Crippen molar-refractivity contribution in [1.29, 1.82) is 5.26 Å². The Hall–Kier alpha value is -5.09. The van der Waals surface area contributed by atoms with Crippen LogP contribution >= 0.6 is 11.8 Å². The van der Waals surface area contributed by atoms with Crippen molar-refractivity contribution >= 4 is 23.7 Å². The summed E-state index contributed by atoms with van der Waals surface area (Å²) >= 11 is 1.21. The number of ether oxygens (including phenoxy) is 6. The summed E-state index contributed by atoms with van der Waals surface area (Å²) in [4.78, 5) is 31.5. The van der Waals surface area contributed by atoms with Crippen LogP contribution in [0.2, 0.25) is 0 Å². The summed E-state index contributed by atoms with van der Waals surface area (Å²) in [6, 6.07) is 3.63. The molecular formula is C40H39F3N4O10S. The molecule has 3 aromatic rings. The molecule has 58 heavy (non-hydrogen) atoms. The van der Waals surface area contributed by atoms with Gasteiger partial charge in [0.1, 0.15) is 18.4 Å². The van der Waals surface area contributed by atoms with Crippen LogP contribution in [0.3, 0.4) is 0 Å². The summed E-state index contributed by atoms with van der Waals surface area (Å²) in [5, 5.41) is 36.3. The molecule has 14 nitrogen and oxygen atoms in total. The molecule has 10 rings (SSSR count). The fourth-order valence-electron chi connectivity index (χ4n) is 10.2. The Morgan fingerprint density at radius 1 is 1.05 bits per heavy atom. The number of piperazine rings is 1. The van der Waals surface area contributed by atoms with Crippen molar-refractivity contribution in [3.8, 4) is 46.3 Å². The van der Waals surface area contributed by atoms with Crippen molar-refractivity contribution in [3.63, 3.8) is 0 Å². The number of nitrogens with zero attached hydrogens (tertiary/aromatic N) is 3. The number of carbonyl (C=O) groups excluding carboxylic acids is 2. The van der Waals surface area contributed by atoms with Crippen LogP contribution in [0.4, 0.5) is 13.2 Å². The van der Waals surface area contributed by atoms with Crippen molar-refractivity contribution in [3.05, 3.63) is 62.7 Å². The number of nitrogens with one attached hydrogen (secondary N) is 1. The summed E-state index contributed by atoms with van der Waals surface area (Å²) in [6.07, 6.45) is -4.55. The van der Waals surface area contributed by atoms with Crippen LogP contribution < -0.4 is 29.0 Å². The molecule has 7 atom stereocenters. The van der Waals surface area contributed by atoms with Gasteiger partial charge in [0.25, 0.3) is 0 Å². The van der Waals surface area contributed by atoms with E-state index in [0.717, 1.165) is 5.56 Å². The van der Waals surface area contributed by atoms with E-state index >= 15 is 0 Å². The number of phenolic OH excluding ortho intramolecular Hbond substituents is 2. The van der Waals surface area contributed by atoms with E-state index in [9.17, 15) is 38.2 Å². The predicted octanol–water partition coefficient (Wildman–Crippen LogP) is 4.53.